The van der Waals surface area contributed by atoms with Crippen LogP contribution in [0.4, 0.5) is 11.6 Å². The molecular formula is C30H39N7O4. The molecule has 11 nitrogen and oxygen atoms in total. The first-order chi connectivity index (χ1) is 19.9. The quantitative estimate of drug-likeness (QED) is 0.199. The maximum absolute atomic E-state index is 11.7. The molecule has 4 heterocycles. The Bertz CT molecular complexity index is 1390. The zero-order valence-corrected chi connectivity index (χ0v) is 24.1. The van der Waals surface area contributed by atoms with Gasteiger partial charge in [-0.15, -0.1) is 10.2 Å². The van der Waals surface area contributed by atoms with Crippen LogP contribution in [0.3, 0.4) is 0 Å². The molecule has 5 rings (SSSR count). The standard InChI is InChI=1S/C30H39N7O4/c1-30(2,3)41-27(38)21-39-17-5-4-12-35-13-15-36(16-14-35)24-10-8-23(9-11-24)26-20-32-29(37-22-33-34-28(26)37)31-19-25-7-6-18-40-25/h6-11,18,20,22H,4-5,12-17,19,21H2,1-3H3,(H,31,32). The summed E-state index contributed by atoms with van der Waals surface area (Å²) >= 11 is 0. The summed E-state index contributed by atoms with van der Waals surface area (Å²) in [7, 11) is 0. The summed E-state index contributed by atoms with van der Waals surface area (Å²) < 4.78 is 18.0. The number of fused-ring (bicyclic) bond motifs is 1. The second-order valence-electron chi connectivity index (χ2n) is 11.2. The number of hydrogen-bond donors (Lipinski definition) is 1. The Morgan fingerprint density at radius 1 is 1.07 bits per heavy atom. The van der Waals surface area contributed by atoms with E-state index in [0.29, 0.717) is 19.1 Å². The highest BCUT2D eigenvalue weighted by Crippen LogP contribution is 2.27. The van der Waals surface area contributed by atoms with Gasteiger partial charge in [0.25, 0.3) is 0 Å². The van der Waals surface area contributed by atoms with E-state index in [0.717, 1.165) is 68.1 Å². The van der Waals surface area contributed by atoms with Crippen LogP contribution in [0.15, 0.2) is 59.6 Å². The predicted molar refractivity (Wildman–Crippen MR) is 157 cm³/mol. The minimum atomic E-state index is -0.474. The Morgan fingerprint density at radius 3 is 2.61 bits per heavy atom. The number of furan rings is 1. The van der Waals surface area contributed by atoms with Crippen molar-refractivity contribution >= 4 is 23.3 Å². The fourth-order valence-electron chi connectivity index (χ4n) is 4.88. The van der Waals surface area contributed by atoms with Crippen molar-refractivity contribution in [2.75, 3.05) is 56.2 Å². The van der Waals surface area contributed by atoms with Gasteiger partial charge in [0.05, 0.1) is 12.8 Å². The largest absolute Gasteiger partial charge is 0.467 e. The van der Waals surface area contributed by atoms with Gasteiger partial charge in [0.1, 0.15) is 24.3 Å². The maximum atomic E-state index is 11.7. The lowest BCUT2D eigenvalue weighted by molar-refractivity contribution is -0.160. The lowest BCUT2D eigenvalue weighted by Gasteiger charge is -2.36. The zero-order valence-electron chi connectivity index (χ0n) is 24.1. The molecule has 0 spiro atoms. The van der Waals surface area contributed by atoms with Crippen LogP contribution in [0, 0.1) is 0 Å². The number of hydrogen-bond acceptors (Lipinski definition) is 10. The SMILES string of the molecule is CC(C)(C)OC(=O)COCCCCN1CCN(c2ccc(-c3cnc(NCc4ccco4)n4cnnc34)cc2)CC1. The molecule has 1 N–H and O–H groups in total. The molecule has 4 aromatic rings. The molecule has 3 aromatic heterocycles. The molecule has 0 unspecified atom stereocenters. The van der Waals surface area contributed by atoms with E-state index in [4.69, 9.17) is 13.9 Å². The molecule has 0 radical (unpaired) electrons. The Hall–Kier alpha value is -3.96. The van der Waals surface area contributed by atoms with Crippen LogP contribution in [0.2, 0.25) is 0 Å². The van der Waals surface area contributed by atoms with Gasteiger partial charge in [-0.3, -0.25) is 9.30 Å². The van der Waals surface area contributed by atoms with E-state index < -0.39 is 5.60 Å². The van der Waals surface area contributed by atoms with Gasteiger partial charge in [-0.2, -0.15) is 0 Å². The monoisotopic (exact) mass is 561 g/mol. The van der Waals surface area contributed by atoms with Crippen LogP contribution in [-0.4, -0.2) is 82.0 Å². The highest BCUT2D eigenvalue weighted by Gasteiger charge is 2.18. The van der Waals surface area contributed by atoms with E-state index in [9.17, 15) is 4.79 Å². The lowest BCUT2D eigenvalue weighted by atomic mass is 10.1. The molecule has 1 aromatic carbocycles. The first kappa shape index (κ1) is 28.6. The molecule has 218 valence electrons. The minimum absolute atomic E-state index is 0.0180. The van der Waals surface area contributed by atoms with Crippen molar-refractivity contribution in [2.24, 2.45) is 0 Å². The topological polar surface area (TPSA) is 110 Å². The first-order valence-corrected chi connectivity index (χ1v) is 14.2. The molecule has 0 bridgehead atoms. The Morgan fingerprint density at radius 2 is 1.88 bits per heavy atom. The number of ether oxygens (including phenoxy) is 2. The van der Waals surface area contributed by atoms with Crippen LogP contribution < -0.4 is 10.2 Å². The number of esters is 1. The molecule has 1 aliphatic rings. The molecule has 1 aliphatic heterocycles. The lowest BCUT2D eigenvalue weighted by Crippen LogP contribution is -2.46. The summed E-state index contributed by atoms with van der Waals surface area (Å²) in [6, 6.07) is 12.4. The molecule has 1 saturated heterocycles. The number of anilines is 2. The van der Waals surface area contributed by atoms with Gasteiger partial charge < -0.3 is 24.1 Å². The number of carbonyl (C=O) groups excluding carboxylic acids is 1. The highest BCUT2D eigenvalue weighted by molar-refractivity contribution is 5.78. The average Bonchev–Trinajstić information content (AvgIpc) is 3.66. The van der Waals surface area contributed by atoms with Gasteiger partial charge in [0.15, 0.2) is 5.65 Å². The van der Waals surface area contributed by atoms with Crippen molar-refractivity contribution < 1.29 is 18.7 Å². The van der Waals surface area contributed by atoms with Crippen molar-refractivity contribution in [2.45, 2.75) is 45.8 Å². The van der Waals surface area contributed by atoms with Crippen LogP contribution >= 0.6 is 0 Å². The van der Waals surface area contributed by atoms with Crippen LogP contribution in [0.1, 0.15) is 39.4 Å². The number of nitrogens with one attached hydrogen (secondary N) is 1. The van der Waals surface area contributed by atoms with E-state index in [1.165, 1.54) is 5.69 Å². The van der Waals surface area contributed by atoms with Crippen molar-refractivity contribution in [3.8, 4) is 11.1 Å². The van der Waals surface area contributed by atoms with E-state index in [2.05, 4.69) is 54.6 Å². The predicted octanol–water partition coefficient (Wildman–Crippen LogP) is 4.26. The summed E-state index contributed by atoms with van der Waals surface area (Å²) in [6.07, 6.45) is 7.14. The molecule has 0 saturated carbocycles. The van der Waals surface area contributed by atoms with Crippen molar-refractivity contribution in [3.05, 3.63) is 60.9 Å². The van der Waals surface area contributed by atoms with Gasteiger partial charge in [-0.05, 0) is 70.0 Å². The van der Waals surface area contributed by atoms with Crippen molar-refractivity contribution in [3.63, 3.8) is 0 Å². The third-order valence-corrected chi connectivity index (χ3v) is 6.90. The second-order valence-corrected chi connectivity index (χ2v) is 11.2. The smallest absolute Gasteiger partial charge is 0.332 e. The van der Waals surface area contributed by atoms with Crippen LogP contribution in [0.25, 0.3) is 16.8 Å². The minimum Gasteiger partial charge on any atom is -0.467 e. The van der Waals surface area contributed by atoms with Crippen molar-refractivity contribution in [1.29, 1.82) is 0 Å². The number of carbonyl (C=O) groups is 1. The number of benzene rings is 1. The Balaban J connectivity index is 1.07. The summed E-state index contributed by atoms with van der Waals surface area (Å²) in [5.74, 6) is 1.18. The molecule has 11 heteroatoms. The molecule has 1 fully saturated rings. The molecule has 0 amide bonds. The maximum Gasteiger partial charge on any atom is 0.332 e. The molecule has 41 heavy (non-hydrogen) atoms. The molecule has 0 aliphatic carbocycles. The van der Waals surface area contributed by atoms with Gasteiger partial charge in [0.2, 0.25) is 5.95 Å². The average molecular weight is 562 g/mol. The summed E-state index contributed by atoms with van der Waals surface area (Å²) in [6.45, 7) is 11.8. The summed E-state index contributed by atoms with van der Waals surface area (Å²) in [5.41, 5.74) is 3.46. The third-order valence-electron chi connectivity index (χ3n) is 6.90. The van der Waals surface area contributed by atoms with E-state index >= 15 is 0 Å². The third kappa shape index (κ3) is 7.83. The summed E-state index contributed by atoms with van der Waals surface area (Å²) in [4.78, 5) is 21.3. The normalized spacial score (nSPS) is 14.5. The number of rotatable bonds is 12. The number of unbranched alkanes of at least 4 members (excludes halogenated alkanes) is 1. The van der Waals surface area contributed by atoms with E-state index in [1.54, 1.807) is 12.6 Å². The van der Waals surface area contributed by atoms with Crippen molar-refractivity contribution in [1.82, 2.24) is 24.5 Å². The fraction of sp³-hybridized carbons (Fsp3) is 0.467. The zero-order chi connectivity index (χ0) is 28.7. The number of piperazine rings is 1. The Labute approximate surface area is 240 Å². The van der Waals surface area contributed by atoms with Gasteiger partial charge in [-0.25, -0.2) is 9.78 Å². The van der Waals surface area contributed by atoms with Crippen LogP contribution in [0.5, 0.6) is 0 Å². The van der Waals surface area contributed by atoms with Gasteiger partial charge in [0, 0.05) is 50.2 Å². The van der Waals surface area contributed by atoms with Gasteiger partial charge >= 0.3 is 5.97 Å². The van der Waals surface area contributed by atoms with Gasteiger partial charge in [-0.1, -0.05) is 12.1 Å². The van der Waals surface area contributed by atoms with E-state index in [-0.39, 0.29) is 12.6 Å². The number of nitrogens with zero attached hydrogens (tertiary/aromatic N) is 6. The second kappa shape index (κ2) is 13.1. The summed E-state index contributed by atoms with van der Waals surface area (Å²) in [5, 5.41) is 11.8. The van der Waals surface area contributed by atoms with Crippen LogP contribution in [-0.2, 0) is 20.8 Å². The Kier molecular flexibility index (Phi) is 9.15. The van der Waals surface area contributed by atoms with E-state index in [1.807, 2.05) is 43.5 Å². The molecule has 0 atom stereocenters. The molecular weight excluding hydrogens is 522 g/mol. The fourth-order valence-corrected chi connectivity index (χ4v) is 4.88. The highest BCUT2D eigenvalue weighted by atomic mass is 16.6. The number of aromatic nitrogens is 4. The first-order valence-electron chi connectivity index (χ1n) is 14.2.